The van der Waals surface area contributed by atoms with Crippen molar-refractivity contribution >= 4 is 11.6 Å². The molecular weight excluding hydrogens is 324 g/mol. The van der Waals surface area contributed by atoms with Gasteiger partial charge in [-0.15, -0.1) is 0 Å². The number of anilines is 1. The number of benzene rings is 2. The molecule has 4 nitrogen and oxygen atoms in total. The number of hydrogen-bond acceptors (Lipinski definition) is 2. The normalized spacial score (nSPS) is 13.2. The molecule has 6 heteroatoms. The van der Waals surface area contributed by atoms with Crippen LogP contribution in [-0.2, 0) is 6.42 Å². The fourth-order valence-corrected chi connectivity index (χ4v) is 3.17. The Morgan fingerprint density at radius 2 is 1.80 bits per heavy atom. The maximum absolute atomic E-state index is 14.0. The summed E-state index contributed by atoms with van der Waals surface area (Å²) in [5.74, 6) is -1.72. The first-order chi connectivity index (χ1) is 12.1. The summed E-state index contributed by atoms with van der Waals surface area (Å²) in [5, 5.41) is 4.16. The van der Waals surface area contributed by atoms with Gasteiger partial charge in [-0.05, 0) is 37.1 Å². The van der Waals surface area contributed by atoms with Gasteiger partial charge in [0.1, 0.15) is 5.69 Å². The van der Waals surface area contributed by atoms with Crippen molar-refractivity contribution in [3.63, 3.8) is 0 Å². The van der Waals surface area contributed by atoms with Gasteiger partial charge < -0.3 is 4.90 Å². The fourth-order valence-electron chi connectivity index (χ4n) is 3.17. The molecule has 0 saturated heterocycles. The van der Waals surface area contributed by atoms with Crippen molar-refractivity contribution < 1.29 is 13.6 Å². The van der Waals surface area contributed by atoms with E-state index in [1.54, 1.807) is 11.8 Å². The molecule has 1 amide bonds. The number of rotatable bonds is 2. The summed E-state index contributed by atoms with van der Waals surface area (Å²) in [6.07, 6.45) is 2.25. The predicted molar refractivity (Wildman–Crippen MR) is 90.0 cm³/mol. The Bertz CT molecular complexity index is 960. The van der Waals surface area contributed by atoms with E-state index in [9.17, 15) is 13.6 Å². The van der Waals surface area contributed by atoms with Crippen LogP contribution in [0.1, 0.15) is 21.6 Å². The first-order valence-electron chi connectivity index (χ1n) is 7.96. The molecule has 1 aliphatic rings. The number of aryl methyl sites for hydroxylation is 1. The third-order valence-electron chi connectivity index (χ3n) is 4.40. The van der Waals surface area contributed by atoms with Crippen LogP contribution in [-0.4, -0.2) is 22.2 Å². The van der Waals surface area contributed by atoms with Gasteiger partial charge in [0.25, 0.3) is 5.91 Å². The van der Waals surface area contributed by atoms with Crippen LogP contribution in [0.4, 0.5) is 14.5 Å². The van der Waals surface area contributed by atoms with E-state index >= 15 is 0 Å². The maximum Gasteiger partial charge on any atom is 0.279 e. The van der Waals surface area contributed by atoms with E-state index in [1.165, 1.54) is 12.3 Å². The molecule has 0 fully saturated rings. The lowest BCUT2D eigenvalue weighted by Gasteiger charge is -2.16. The van der Waals surface area contributed by atoms with E-state index in [-0.39, 0.29) is 17.3 Å². The lowest BCUT2D eigenvalue weighted by Crippen LogP contribution is -2.29. The number of nitrogens with zero attached hydrogens (tertiary/aromatic N) is 3. The number of fused-ring (bicyclic) bond motifs is 1. The van der Waals surface area contributed by atoms with Gasteiger partial charge in [0.2, 0.25) is 0 Å². The molecule has 0 saturated carbocycles. The largest absolute Gasteiger partial charge is 0.306 e. The summed E-state index contributed by atoms with van der Waals surface area (Å²) in [7, 11) is 0. The maximum atomic E-state index is 14.0. The van der Waals surface area contributed by atoms with Gasteiger partial charge >= 0.3 is 0 Å². The molecule has 126 valence electrons. The highest BCUT2D eigenvalue weighted by Crippen LogP contribution is 2.29. The number of halogens is 2. The van der Waals surface area contributed by atoms with Gasteiger partial charge in [0.15, 0.2) is 17.3 Å². The highest BCUT2D eigenvalue weighted by molar-refractivity contribution is 6.06. The number of aromatic nitrogens is 2. The zero-order valence-electron chi connectivity index (χ0n) is 13.5. The van der Waals surface area contributed by atoms with Crippen molar-refractivity contribution in [3.8, 4) is 5.69 Å². The molecule has 25 heavy (non-hydrogen) atoms. The molecule has 2 heterocycles. The zero-order chi connectivity index (χ0) is 17.6. The van der Waals surface area contributed by atoms with E-state index in [2.05, 4.69) is 5.10 Å². The summed E-state index contributed by atoms with van der Waals surface area (Å²) in [4.78, 5) is 14.6. The Morgan fingerprint density at radius 1 is 1.08 bits per heavy atom. The molecule has 0 aliphatic carbocycles. The number of carbonyl (C=O) groups is 1. The molecule has 0 N–H and O–H groups in total. The van der Waals surface area contributed by atoms with E-state index < -0.39 is 11.6 Å². The minimum absolute atomic E-state index is 0.194. The molecule has 0 radical (unpaired) electrons. The van der Waals surface area contributed by atoms with Crippen LogP contribution < -0.4 is 4.90 Å². The third kappa shape index (κ3) is 2.50. The Labute approximate surface area is 143 Å². The van der Waals surface area contributed by atoms with Crippen LogP contribution in [0.25, 0.3) is 5.69 Å². The van der Waals surface area contributed by atoms with E-state index in [4.69, 9.17) is 0 Å². The lowest BCUT2D eigenvalue weighted by atomic mass is 10.2. The summed E-state index contributed by atoms with van der Waals surface area (Å²) in [6, 6.07) is 11.3. The average Bonchev–Trinajstić information content (AvgIpc) is 3.18. The predicted octanol–water partition coefficient (Wildman–Crippen LogP) is 3.66. The monoisotopic (exact) mass is 339 g/mol. The number of hydrogen-bond donors (Lipinski definition) is 0. The summed E-state index contributed by atoms with van der Waals surface area (Å²) in [6.45, 7) is 2.27. The van der Waals surface area contributed by atoms with Gasteiger partial charge in [-0.3, -0.25) is 4.79 Å². The van der Waals surface area contributed by atoms with Crippen molar-refractivity contribution in [3.05, 3.63) is 77.1 Å². The Morgan fingerprint density at radius 3 is 2.56 bits per heavy atom. The van der Waals surface area contributed by atoms with Crippen molar-refractivity contribution in [1.29, 1.82) is 0 Å². The molecule has 0 spiro atoms. The first kappa shape index (κ1) is 15.5. The van der Waals surface area contributed by atoms with Gasteiger partial charge in [0.05, 0.1) is 0 Å². The SMILES string of the molecule is Cc1cn(-c2c(F)cccc2F)nc1C(=O)N1CCc2ccccc21. The molecule has 4 rings (SSSR count). The minimum Gasteiger partial charge on any atom is -0.306 e. The van der Waals surface area contributed by atoms with Crippen LogP contribution in [0.3, 0.4) is 0 Å². The van der Waals surface area contributed by atoms with Crippen LogP contribution in [0, 0.1) is 18.6 Å². The highest BCUT2D eigenvalue weighted by Gasteiger charge is 2.28. The fraction of sp³-hybridized carbons (Fsp3) is 0.158. The van der Waals surface area contributed by atoms with E-state index in [1.807, 2.05) is 24.3 Å². The molecule has 1 aromatic heterocycles. The summed E-state index contributed by atoms with van der Waals surface area (Å²) < 4.78 is 29.1. The van der Waals surface area contributed by atoms with Gasteiger partial charge in [-0.2, -0.15) is 5.10 Å². The average molecular weight is 339 g/mol. The molecular formula is C19H15F2N3O. The van der Waals surface area contributed by atoms with Gasteiger partial charge in [-0.25, -0.2) is 13.5 Å². The number of amides is 1. The molecule has 0 unspecified atom stereocenters. The minimum atomic E-state index is -0.729. The Hall–Kier alpha value is -3.02. The second-order valence-corrected chi connectivity index (χ2v) is 6.01. The molecule has 3 aromatic rings. The molecule has 0 bridgehead atoms. The van der Waals surface area contributed by atoms with Crippen molar-refractivity contribution in [2.24, 2.45) is 0 Å². The van der Waals surface area contributed by atoms with Crippen LogP contribution in [0.5, 0.6) is 0 Å². The van der Waals surface area contributed by atoms with Crippen LogP contribution in [0.2, 0.25) is 0 Å². The third-order valence-corrected chi connectivity index (χ3v) is 4.40. The smallest absolute Gasteiger partial charge is 0.279 e. The Balaban J connectivity index is 1.73. The first-order valence-corrected chi connectivity index (χ1v) is 7.96. The number of para-hydroxylation sites is 2. The topological polar surface area (TPSA) is 38.1 Å². The molecule has 1 aliphatic heterocycles. The summed E-state index contributed by atoms with van der Waals surface area (Å²) >= 11 is 0. The molecule has 0 atom stereocenters. The lowest BCUT2D eigenvalue weighted by molar-refractivity contribution is 0.0983. The van der Waals surface area contributed by atoms with E-state index in [0.29, 0.717) is 12.1 Å². The van der Waals surface area contributed by atoms with Crippen molar-refractivity contribution in [1.82, 2.24) is 9.78 Å². The number of carbonyl (C=O) groups excluding carboxylic acids is 1. The second kappa shape index (κ2) is 5.81. The molecule has 2 aromatic carbocycles. The van der Waals surface area contributed by atoms with Crippen molar-refractivity contribution in [2.75, 3.05) is 11.4 Å². The van der Waals surface area contributed by atoms with Crippen LogP contribution in [0.15, 0.2) is 48.7 Å². The van der Waals surface area contributed by atoms with Gasteiger partial charge in [-0.1, -0.05) is 24.3 Å². The quantitative estimate of drug-likeness (QED) is 0.715. The summed E-state index contributed by atoms with van der Waals surface area (Å²) in [5.41, 5.74) is 2.44. The Kier molecular flexibility index (Phi) is 3.60. The van der Waals surface area contributed by atoms with E-state index in [0.717, 1.165) is 34.5 Å². The standard InChI is InChI=1S/C19H15F2N3O/c1-12-11-24(18-14(20)6-4-7-15(18)21)22-17(12)19(25)23-10-9-13-5-2-3-8-16(13)23/h2-8,11H,9-10H2,1H3. The van der Waals surface area contributed by atoms with Gasteiger partial charge in [0, 0.05) is 24.0 Å². The van der Waals surface area contributed by atoms with Crippen molar-refractivity contribution in [2.45, 2.75) is 13.3 Å². The zero-order valence-corrected chi connectivity index (χ0v) is 13.5. The highest BCUT2D eigenvalue weighted by atomic mass is 19.1. The second-order valence-electron chi connectivity index (χ2n) is 6.01. The van der Waals surface area contributed by atoms with Crippen LogP contribution >= 0.6 is 0 Å².